The number of rotatable bonds is 5. The highest BCUT2D eigenvalue weighted by molar-refractivity contribution is 5.04. The molecule has 0 saturated heterocycles. The minimum Gasteiger partial charge on any atom is -0.448 e. The van der Waals surface area contributed by atoms with Gasteiger partial charge in [-0.25, -0.2) is 9.67 Å². The molecule has 0 spiro atoms. The first-order valence-electron chi connectivity index (χ1n) is 6.53. The summed E-state index contributed by atoms with van der Waals surface area (Å²) in [6.07, 6.45) is 3.61. The third-order valence-corrected chi connectivity index (χ3v) is 2.66. The largest absolute Gasteiger partial charge is 0.448 e. The van der Waals surface area contributed by atoms with Crippen LogP contribution in [0.25, 0.3) is 0 Å². The zero-order valence-corrected chi connectivity index (χ0v) is 12.0. The van der Waals surface area contributed by atoms with E-state index in [1.807, 2.05) is 6.20 Å². The maximum atomic E-state index is 5.49. The van der Waals surface area contributed by atoms with Crippen molar-refractivity contribution in [1.29, 1.82) is 0 Å². The smallest absolute Gasteiger partial charge is 0.199 e. The molecule has 19 heavy (non-hydrogen) atoms. The summed E-state index contributed by atoms with van der Waals surface area (Å²) in [7, 11) is 0. The van der Waals surface area contributed by atoms with E-state index in [0.717, 1.165) is 30.4 Å². The molecule has 6 heteroatoms. The molecule has 0 fully saturated rings. The fourth-order valence-corrected chi connectivity index (χ4v) is 1.64. The van der Waals surface area contributed by atoms with Crippen LogP contribution in [-0.4, -0.2) is 26.5 Å². The molecule has 104 valence electrons. The van der Waals surface area contributed by atoms with Gasteiger partial charge in [0.1, 0.15) is 12.0 Å². The van der Waals surface area contributed by atoms with E-state index in [4.69, 9.17) is 4.42 Å². The van der Waals surface area contributed by atoms with E-state index >= 15 is 0 Å². The Morgan fingerprint density at radius 2 is 2.11 bits per heavy atom. The van der Waals surface area contributed by atoms with Crippen molar-refractivity contribution < 1.29 is 4.42 Å². The second kappa shape index (κ2) is 5.52. The summed E-state index contributed by atoms with van der Waals surface area (Å²) in [5, 5.41) is 11.4. The molecule has 0 unspecified atom stereocenters. The van der Waals surface area contributed by atoms with Crippen molar-refractivity contribution in [2.24, 2.45) is 0 Å². The topological polar surface area (TPSA) is 68.8 Å². The van der Waals surface area contributed by atoms with E-state index in [1.165, 1.54) is 0 Å². The summed E-state index contributed by atoms with van der Waals surface area (Å²) in [4.78, 5) is 4.48. The van der Waals surface area contributed by atoms with Crippen molar-refractivity contribution in [2.45, 2.75) is 46.2 Å². The lowest BCUT2D eigenvalue weighted by Crippen LogP contribution is -2.12. The Labute approximate surface area is 113 Å². The maximum absolute atomic E-state index is 5.49. The molecule has 0 aliphatic heterocycles. The average molecular weight is 263 g/mol. The molecular weight excluding hydrogens is 242 g/mol. The van der Waals surface area contributed by atoms with Gasteiger partial charge in [0.05, 0.1) is 18.4 Å². The number of nitrogens with one attached hydrogen (secondary N) is 1. The van der Waals surface area contributed by atoms with Crippen molar-refractivity contribution in [1.82, 2.24) is 25.3 Å². The maximum Gasteiger partial charge on any atom is 0.199 e. The molecule has 6 nitrogen and oxygen atoms in total. The zero-order valence-electron chi connectivity index (χ0n) is 12.0. The van der Waals surface area contributed by atoms with Crippen molar-refractivity contribution in [3.8, 4) is 0 Å². The van der Waals surface area contributed by atoms with Gasteiger partial charge >= 0.3 is 0 Å². The van der Waals surface area contributed by atoms with E-state index in [-0.39, 0.29) is 5.41 Å². The van der Waals surface area contributed by atoms with E-state index in [0.29, 0.717) is 6.54 Å². The predicted molar refractivity (Wildman–Crippen MR) is 71.7 cm³/mol. The Kier molecular flexibility index (Phi) is 3.99. The van der Waals surface area contributed by atoms with Gasteiger partial charge in [0.25, 0.3) is 0 Å². The van der Waals surface area contributed by atoms with E-state index in [9.17, 15) is 0 Å². The number of oxazole rings is 1. The van der Waals surface area contributed by atoms with Gasteiger partial charge in [0, 0.05) is 12.0 Å². The zero-order chi connectivity index (χ0) is 13.9. The van der Waals surface area contributed by atoms with Crippen LogP contribution < -0.4 is 5.32 Å². The molecule has 0 aliphatic carbocycles. The highest BCUT2D eigenvalue weighted by atomic mass is 16.3. The Balaban J connectivity index is 2.01. The molecular formula is C13H21N5O. The third kappa shape index (κ3) is 3.64. The van der Waals surface area contributed by atoms with Gasteiger partial charge in [0.2, 0.25) is 0 Å². The third-order valence-electron chi connectivity index (χ3n) is 2.66. The molecule has 2 heterocycles. The summed E-state index contributed by atoms with van der Waals surface area (Å²) in [6, 6.07) is 0. The van der Waals surface area contributed by atoms with Gasteiger partial charge < -0.3 is 9.73 Å². The number of hydrogen-bond acceptors (Lipinski definition) is 5. The second-order valence-corrected chi connectivity index (χ2v) is 5.58. The lowest BCUT2D eigenvalue weighted by Gasteiger charge is -2.11. The van der Waals surface area contributed by atoms with Crippen LogP contribution in [0.1, 0.15) is 45.0 Å². The summed E-state index contributed by atoms with van der Waals surface area (Å²) in [5.74, 6) is 0.746. The molecule has 2 aromatic rings. The van der Waals surface area contributed by atoms with Gasteiger partial charge in [-0.15, -0.1) is 5.10 Å². The van der Waals surface area contributed by atoms with Crippen LogP contribution in [0.5, 0.6) is 0 Å². The average Bonchev–Trinajstić information content (AvgIpc) is 2.95. The Morgan fingerprint density at radius 3 is 2.74 bits per heavy atom. The van der Waals surface area contributed by atoms with E-state index in [1.54, 1.807) is 10.9 Å². The van der Waals surface area contributed by atoms with Gasteiger partial charge in [-0.3, -0.25) is 0 Å². The summed E-state index contributed by atoms with van der Waals surface area (Å²) in [6.45, 7) is 10.5. The van der Waals surface area contributed by atoms with Crippen LogP contribution >= 0.6 is 0 Å². The van der Waals surface area contributed by atoms with Crippen molar-refractivity contribution in [3.05, 3.63) is 29.7 Å². The summed E-state index contributed by atoms with van der Waals surface area (Å²) < 4.78 is 7.26. The van der Waals surface area contributed by atoms with Crippen molar-refractivity contribution >= 4 is 0 Å². The summed E-state index contributed by atoms with van der Waals surface area (Å²) in [5.41, 5.74) is 1.72. The van der Waals surface area contributed by atoms with Crippen LogP contribution in [0.4, 0.5) is 0 Å². The van der Waals surface area contributed by atoms with E-state index < -0.39 is 0 Å². The SMILES string of the molecule is CCNCc1cn(Cc2coc(C(C)(C)C)n2)nn1. The number of hydrogen-bond donors (Lipinski definition) is 1. The lowest BCUT2D eigenvalue weighted by atomic mass is 9.97. The molecule has 1 N–H and O–H groups in total. The molecule has 0 atom stereocenters. The number of nitrogens with zero attached hydrogens (tertiary/aromatic N) is 4. The Hall–Kier alpha value is -1.69. The summed E-state index contributed by atoms with van der Waals surface area (Å²) >= 11 is 0. The van der Waals surface area contributed by atoms with Gasteiger partial charge in [-0.1, -0.05) is 32.9 Å². The van der Waals surface area contributed by atoms with Gasteiger partial charge in [-0.05, 0) is 6.54 Å². The van der Waals surface area contributed by atoms with Crippen molar-refractivity contribution in [3.63, 3.8) is 0 Å². The molecule has 0 amide bonds. The second-order valence-electron chi connectivity index (χ2n) is 5.58. The monoisotopic (exact) mass is 263 g/mol. The van der Waals surface area contributed by atoms with Crippen LogP contribution in [0, 0.1) is 0 Å². The Morgan fingerprint density at radius 1 is 1.32 bits per heavy atom. The first-order valence-corrected chi connectivity index (χ1v) is 6.53. The quantitative estimate of drug-likeness (QED) is 0.889. The fraction of sp³-hybridized carbons (Fsp3) is 0.615. The minimum absolute atomic E-state index is 0.0726. The lowest BCUT2D eigenvalue weighted by molar-refractivity contribution is 0.392. The van der Waals surface area contributed by atoms with Crippen LogP contribution in [0.3, 0.4) is 0 Å². The molecule has 0 aromatic carbocycles. The molecule has 0 bridgehead atoms. The first-order chi connectivity index (χ1) is 8.99. The van der Waals surface area contributed by atoms with Crippen LogP contribution in [-0.2, 0) is 18.5 Å². The molecule has 0 saturated carbocycles. The van der Waals surface area contributed by atoms with E-state index in [2.05, 4.69) is 48.3 Å². The molecule has 2 rings (SSSR count). The molecule has 0 aliphatic rings. The number of aromatic nitrogens is 4. The normalized spacial score (nSPS) is 12.0. The predicted octanol–water partition coefficient (Wildman–Crippen LogP) is 1.72. The van der Waals surface area contributed by atoms with Crippen LogP contribution in [0.2, 0.25) is 0 Å². The molecule has 0 radical (unpaired) electrons. The minimum atomic E-state index is -0.0726. The van der Waals surface area contributed by atoms with Crippen molar-refractivity contribution in [2.75, 3.05) is 6.54 Å². The van der Waals surface area contributed by atoms with Crippen LogP contribution in [0.15, 0.2) is 16.9 Å². The van der Waals surface area contributed by atoms with Gasteiger partial charge in [0.15, 0.2) is 5.89 Å². The highest BCUT2D eigenvalue weighted by Crippen LogP contribution is 2.21. The standard InChI is InChI=1S/C13H21N5O/c1-5-14-6-10-7-18(17-16-10)8-11-9-19-12(15-11)13(2,3)4/h7,9,14H,5-6,8H2,1-4H3. The highest BCUT2D eigenvalue weighted by Gasteiger charge is 2.20. The molecule has 2 aromatic heterocycles. The Bertz CT molecular complexity index is 523. The first kappa shape index (κ1) is 13.7. The fourth-order valence-electron chi connectivity index (χ4n) is 1.64. The van der Waals surface area contributed by atoms with Gasteiger partial charge in [-0.2, -0.15) is 0 Å².